The maximum atomic E-state index is 12.1. The molecular formula is C17H15ClN2OS2. The topological polar surface area (TPSA) is 34.4 Å². The van der Waals surface area contributed by atoms with E-state index in [1.165, 1.54) is 17.4 Å². The summed E-state index contributed by atoms with van der Waals surface area (Å²) in [7, 11) is 0. The van der Waals surface area contributed by atoms with Crippen molar-refractivity contribution in [1.82, 2.24) is 4.57 Å². The number of carbonyl (C=O) groups is 1. The molecule has 0 radical (unpaired) electrons. The highest BCUT2D eigenvalue weighted by Gasteiger charge is 2.10. The molecule has 0 spiro atoms. The van der Waals surface area contributed by atoms with Crippen molar-refractivity contribution in [3.63, 3.8) is 0 Å². The van der Waals surface area contributed by atoms with Gasteiger partial charge in [0, 0.05) is 22.5 Å². The second kappa shape index (κ2) is 6.83. The van der Waals surface area contributed by atoms with Gasteiger partial charge in [-0.3, -0.25) is 4.79 Å². The zero-order valence-electron chi connectivity index (χ0n) is 12.7. The van der Waals surface area contributed by atoms with E-state index >= 15 is 0 Å². The first-order chi connectivity index (χ1) is 11.1. The van der Waals surface area contributed by atoms with E-state index in [-0.39, 0.29) is 5.91 Å². The average Bonchev–Trinajstić information content (AvgIpc) is 3.16. The number of fused-ring (bicyclic) bond motifs is 1. The van der Waals surface area contributed by atoms with Crippen LogP contribution in [-0.2, 0) is 11.3 Å². The van der Waals surface area contributed by atoms with Gasteiger partial charge in [-0.2, -0.15) is 4.99 Å². The van der Waals surface area contributed by atoms with Gasteiger partial charge in [0.1, 0.15) is 0 Å². The van der Waals surface area contributed by atoms with Gasteiger partial charge in [0.15, 0.2) is 4.80 Å². The summed E-state index contributed by atoms with van der Waals surface area (Å²) in [5.41, 5.74) is 2.07. The Morgan fingerprint density at radius 2 is 2.22 bits per heavy atom. The summed E-state index contributed by atoms with van der Waals surface area (Å²) >= 11 is 9.32. The van der Waals surface area contributed by atoms with Crippen LogP contribution in [-0.4, -0.2) is 10.5 Å². The van der Waals surface area contributed by atoms with Crippen molar-refractivity contribution in [2.24, 2.45) is 4.99 Å². The van der Waals surface area contributed by atoms with E-state index in [9.17, 15) is 4.79 Å². The number of thiazole rings is 1. The van der Waals surface area contributed by atoms with Crippen LogP contribution >= 0.6 is 34.3 Å². The lowest BCUT2D eigenvalue weighted by atomic mass is 10.2. The summed E-state index contributed by atoms with van der Waals surface area (Å²) < 4.78 is 3.13. The van der Waals surface area contributed by atoms with Crippen molar-refractivity contribution >= 4 is 56.5 Å². The van der Waals surface area contributed by atoms with Crippen LogP contribution in [0.25, 0.3) is 16.3 Å². The fourth-order valence-electron chi connectivity index (χ4n) is 2.37. The van der Waals surface area contributed by atoms with Crippen molar-refractivity contribution in [2.45, 2.75) is 20.4 Å². The Balaban J connectivity index is 2.05. The molecule has 0 unspecified atom stereocenters. The molecule has 3 aromatic rings. The molecule has 3 rings (SSSR count). The van der Waals surface area contributed by atoms with E-state index in [2.05, 4.69) is 4.99 Å². The van der Waals surface area contributed by atoms with Crippen LogP contribution in [0, 0.1) is 6.92 Å². The summed E-state index contributed by atoms with van der Waals surface area (Å²) in [6.45, 7) is 4.77. The van der Waals surface area contributed by atoms with Gasteiger partial charge < -0.3 is 4.57 Å². The molecule has 0 saturated carbocycles. The summed E-state index contributed by atoms with van der Waals surface area (Å²) in [6, 6.07) is 7.78. The van der Waals surface area contributed by atoms with Gasteiger partial charge >= 0.3 is 0 Å². The van der Waals surface area contributed by atoms with Crippen molar-refractivity contribution in [3.8, 4) is 0 Å². The Hall–Kier alpha value is -1.69. The molecule has 0 bridgehead atoms. The van der Waals surface area contributed by atoms with Crippen LogP contribution in [0.4, 0.5) is 0 Å². The Kier molecular flexibility index (Phi) is 4.80. The smallest absolute Gasteiger partial charge is 0.272 e. The maximum absolute atomic E-state index is 12.1. The van der Waals surface area contributed by atoms with E-state index in [0.29, 0.717) is 4.80 Å². The van der Waals surface area contributed by atoms with Crippen molar-refractivity contribution in [3.05, 3.63) is 56.0 Å². The number of amides is 1. The minimum Gasteiger partial charge on any atom is -0.316 e. The predicted octanol–water partition coefficient (Wildman–Crippen LogP) is 4.89. The Labute approximate surface area is 147 Å². The van der Waals surface area contributed by atoms with Crippen LogP contribution in [0.2, 0.25) is 5.02 Å². The van der Waals surface area contributed by atoms with Crippen molar-refractivity contribution < 1.29 is 4.79 Å². The molecule has 0 N–H and O–H groups in total. The standard InChI is InChI=1S/C17H15ClN2OS2/c1-3-20-16-11(2)13(18)7-8-14(16)23-17(20)19-15(21)9-6-12-5-4-10-22-12/h4-10H,3H2,1-2H3. The average molecular weight is 363 g/mol. The maximum Gasteiger partial charge on any atom is 0.272 e. The largest absolute Gasteiger partial charge is 0.316 e. The van der Waals surface area contributed by atoms with Crippen molar-refractivity contribution in [2.75, 3.05) is 0 Å². The first-order valence-electron chi connectivity index (χ1n) is 7.19. The molecule has 2 heterocycles. The molecule has 0 saturated heterocycles. The van der Waals surface area contributed by atoms with E-state index in [0.717, 1.165) is 32.2 Å². The molecule has 6 heteroatoms. The molecular weight excluding hydrogens is 348 g/mol. The Morgan fingerprint density at radius 1 is 1.39 bits per heavy atom. The van der Waals surface area contributed by atoms with Gasteiger partial charge in [-0.1, -0.05) is 29.0 Å². The van der Waals surface area contributed by atoms with Gasteiger partial charge in [-0.15, -0.1) is 11.3 Å². The molecule has 3 nitrogen and oxygen atoms in total. The number of rotatable bonds is 3. The number of thiophene rings is 1. The molecule has 0 aliphatic carbocycles. The lowest BCUT2D eigenvalue weighted by Gasteiger charge is -2.04. The normalized spacial score (nSPS) is 12.6. The number of hydrogen-bond acceptors (Lipinski definition) is 3. The highest BCUT2D eigenvalue weighted by atomic mass is 35.5. The molecule has 1 aromatic carbocycles. The van der Waals surface area contributed by atoms with Crippen molar-refractivity contribution in [1.29, 1.82) is 0 Å². The lowest BCUT2D eigenvalue weighted by Crippen LogP contribution is -2.15. The SMILES string of the molecule is CCn1c(=NC(=O)C=Cc2cccs2)sc2ccc(Cl)c(C)c21. The van der Waals surface area contributed by atoms with Crippen LogP contribution < -0.4 is 4.80 Å². The molecule has 118 valence electrons. The second-order valence-corrected chi connectivity index (χ2v) is 7.34. The van der Waals surface area contributed by atoms with E-state index in [1.54, 1.807) is 17.4 Å². The number of benzene rings is 1. The zero-order chi connectivity index (χ0) is 16.4. The predicted molar refractivity (Wildman–Crippen MR) is 99.2 cm³/mol. The number of aryl methyl sites for hydroxylation is 2. The molecule has 0 aliphatic heterocycles. The third-order valence-corrected chi connectivity index (χ3v) is 5.78. The summed E-state index contributed by atoms with van der Waals surface area (Å²) in [5.74, 6) is -0.254. The molecule has 1 amide bonds. The highest BCUT2D eigenvalue weighted by molar-refractivity contribution is 7.16. The van der Waals surface area contributed by atoms with E-state index < -0.39 is 0 Å². The molecule has 23 heavy (non-hydrogen) atoms. The second-order valence-electron chi connectivity index (χ2n) is 4.95. The third kappa shape index (κ3) is 3.32. The Bertz CT molecular complexity index is 949. The fraction of sp³-hybridized carbons (Fsp3) is 0.176. The first kappa shape index (κ1) is 16.2. The highest BCUT2D eigenvalue weighted by Crippen LogP contribution is 2.27. The van der Waals surface area contributed by atoms with Crippen LogP contribution in [0.1, 0.15) is 17.4 Å². The van der Waals surface area contributed by atoms with E-state index in [1.807, 2.05) is 48.1 Å². The third-order valence-electron chi connectivity index (χ3n) is 3.49. The van der Waals surface area contributed by atoms with Crippen LogP contribution in [0.3, 0.4) is 0 Å². The van der Waals surface area contributed by atoms with Crippen LogP contribution in [0.5, 0.6) is 0 Å². The minimum absolute atomic E-state index is 0.254. The monoisotopic (exact) mass is 362 g/mol. The van der Waals surface area contributed by atoms with Gasteiger partial charge in [-0.05, 0) is 49.1 Å². The van der Waals surface area contributed by atoms with Gasteiger partial charge in [0.2, 0.25) is 0 Å². The van der Waals surface area contributed by atoms with Crippen LogP contribution in [0.15, 0.2) is 40.7 Å². The lowest BCUT2D eigenvalue weighted by molar-refractivity contribution is -0.113. The summed E-state index contributed by atoms with van der Waals surface area (Å²) in [4.78, 5) is 18.1. The number of carbonyl (C=O) groups excluding carboxylic acids is 1. The first-order valence-corrected chi connectivity index (χ1v) is 9.26. The minimum atomic E-state index is -0.254. The zero-order valence-corrected chi connectivity index (χ0v) is 15.1. The summed E-state index contributed by atoms with van der Waals surface area (Å²) in [5, 5.41) is 2.71. The van der Waals surface area contributed by atoms with E-state index in [4.69, 9.17) is 11.6 Å². The van der Waals surface area contributed by atoms with Gasteiger partial charge in [0.05, 0.1) is 10.2 Å². The molecule has 2 aromatic heterocycles. The molecule has 0 atom stereocenters. The number of halogens is 1. The summed E-state index contributed by atoms with van der Waals surface area (Å²) in [6.07, 6.45) is 3.30. The quantitative estimate of drug-likeness (QED) is 0.611. The fourth-order valence-corrected chi connectivity index (χ4v) is 4.29. The Morgan fingerprint density at radius 3 is 2.91 bits per heavy atom. The molecule has 0 aliphatic rings. The number of nitrogens with zero attached hydrogens (tertiary/aromatic N) is 2. The number of aromatic nitrogens is 1. The molecule has 0 fully saturated rings. The van der Waals surface area contributed by atoms with Gasteiger partial charge in [-0.25, -0.2) is 0 Å². The van der Waals surface area contributed by atoms with Gasteiger partial charge in [0.25, 0.3) is 5.91 Å². The number of hydrogen-bond donors (Lipinski definition) is 0.